The van der Waals surface area contributed by atoms with Crippen LogP contribution in [0.5, 0.6) is 0 Å². The molecule has 0 bridgehead atoms. The molecular formula is C20H32N2O2. The van der Waals surface area contributed by atoms with Crippen molar-refractivity contribution in [3.05, 3.63) is 29.3 Å². The smallest absolute Gasteiger partial charge is 0.238 e. The lowest BCUT2D eigenvalue weighted by atomic mass is 9.92. The number of rotatable bonds is 9. The fraction of sp³-hybridized carbons (Fsp3) is 0.650. The topological polar surface area (TPSA) is 50.4 Å². The van der Waals surface area contributed by atoms with E-state index in [1.807, 2.05) is 0 Å². The minimum atomic E-state index is 0.0201. The maximum Gasteiger partial charge on any atom is 0.238 e. The molecule has 0 aromatic heterocycles. The van der Waals surface area contributed by atoms with Crippen LogP contribution in [0.1, 0.15) is 63.5 Å². The average molecular weight is 332 g/mol. The van der Waals surface area contributed by atoms with E-state index in [1.54, 1.807) is 7.11 Å². The molecule has 2 rings (SSSR count). The molecule has 1 aromatic carbocycles. The first-order valence-corrected chi connectivity index (χ1v) is 9.09. The predicted octanol–water partition coefficient (Wildman–Crippen LogP) is 3.89. The Morgan fingerprint density at radius 2 is 1.75 bits per heavy atom. The molecule has 4 heteroatoms. The molecular weight excluding hydrogens is 300 g/mol. The van der Waals surface area contributed by atoms with E-state index in [0.717, 1.165) is 5.69 Å². The Balaban J connectivity index is 2.04. The number of amides is 1. The molecule has 0 aliphatic heterocycles. The molecule has 1 saturated carbocycles. The van der Waals surface area contributed by atoms with E-state index in [0.29, 0.717) is 30.9 Å². The number of hydrogen-bond acceptors (Lipinski definition) is 3. The van der Waals surface area contributed by atoms with Gasteiger partial charge < -0.3 is 15.4 Å². The zero-order chi connectivity index (χ0) is 17.7. The molecule has 0 radical (unpaired) electrons. The van der Waals surface area contributed by atoms with Crippen LogP contribution in [0, 0.1) is 5.92 Å². The number of hydrogen-bond donors (Lipinski definition) is 2. The van der Waals surface area contributed by atoms with Gasteiger partial charge in [0.1, 0.15) is 0 Å². The van der Waals surface area contributed by atoms with Crippen molar-refractivity contribution < 1.29 is 9.53 Å². The second-order valence-corrected chi connectivity index (χ2v) is 7.45. The summed E-state index contributed by atoms with van der Waals surface area (Å²) < 4.78 is 5.26. The van der Waals surface area contributed by atoms with Crippen LogP contribution in [-0.4, -0.2) is 32.2 Å². The summed E-state index contributed by atoms with van der Waals surface area (Å²) in [4.78, 5) is 12.5. The maximum atomic E-state index is 12.5. The Morgan fingerprint density at radius 3 is 2.21 bits per heavy atom. The zero-order valence-electron chi connectivity index (χ0n) is 15.7. The predicted molar refractivity (Wildman–Crippen MR) is 99.6 cm³/mol. The highest BCUT2D eigenvalue weighted by Gasteiger charge is 2.31. The van der Waals surface area contributed by atoms with Gasteiger partial charge in [-0.1, -0.05) is 45.9 Å². The van der Waals surface area contributed by atoms with Crippen molar-refractivity contribution in [2.75, 3.05) is 25.6 Å². The van der Waals surface area contributed by atoms with Gasteiger partial charge in [-0.2, -0.15) is 0 Å². The number of ether oxygens (including phenoxy) is 1. The van der Waals surface area contributed by atoms with Crippen molar-refractivity contribution in [2.45, 2.75) is 58.4 Å². The molecule has 0 saturated heterocycles. The molecule has 1 amide bonds. The third-order valence-electron chi connectivity index (χ3n) is 4.70. The number of methoxy groups -OCH3 is 1. The monoisotopic (exact) mass is 332 g/mol. The molecule has 134 valence electrons. The Kier molecular flexibility index (Phi) is 6.81. The summed E-state index contributed by atoms with van der Waals surface area (Å²) >= 11 is 0. The van der Waals surface area contributed by atoms with Crippen molar-refractivity contribution in [1.29, 1.82) is 0 Å². The first kappa shape index (κ1) is 18.9. The highest BCUT2D eigenvalue weighted by atomic mass is 16.5. The second kappa shape index (κ2) is 8.63. The lowest BCUT2D eigenvalue weighted by Gasteiger charge is -2.21. The summed E-state index contributed by atoms with van der Waals surface area (Å²) in [5.74, 6) is 1.43. The van der Waals surface area contributed by atoms with Gasteiger partial charge in [0.15, 0.2) is 0 Å². The van der Waals surface area contributed by atoms with Crippen molar-refractivity contribution in [3.63, 3.8) is 0 Å². The molecule has 0 unspecified atom stereocenters. The van der Waals surface area contributed by atoms with E-state index < -0.39 is 0 Å². The summed E-state index contributed by atoms with van der Waals surface area (Å²) in [7, 11) is 1.71. The highest BCUT2D eigenvalue weighted by molar-refractivity contribution is 5.94. The summed E-state index contributed by atoms with van der Waals surface area (Å²) in [5, 5.41) is 6.52. The van der Waals surface area contributed by atoms with Crippen molar-refractivity contribution >= 4 is 11.6 Å². The minimum Gasteiger partial charge on any atom is -0.383 e. The molecule has 4 nitrogen and oxygen atoms in total. The maximum absolute atomic E-state index is 12.5. The summed E-state index contributed by atoms with van der Waals surface area (Å²) in [6.07, 6.45) is 2.46. The lowest BCUT2D eigenvalue weighted by molar-refractivity contribution is -0.115. The summed E-state index contributed by atoms with van der Waals surface area (Å²) in [5.41, 5.74) is 3.39. The molecule has 1 fully saturated rings. The number of benzene rings is 1. The molecule has 1 aliphatic carbocycles. The van der Waals surface area contributed by atoms with E-state index in [9.17, 15) is 4.79 Å². The average Bonchev–Trinajstić information content (AvgIpc) is 3.35. The lowest BCUT2D eigenvalue weighted by Crippen LogP contribution is -2.40. The van der Waals surface area contributed by atoms with Crippen LogP contribution in [0.15, 0.2) is 18.2 Å². The van der Waals surface area contributed by atoms with E-state index in [1.165, 1.54) is 24.0 Å². The number of nitrogens with one attached hydrogen (secondary N) is 2. The van der Waals surface area contributed by atoms with Gasteiger partial charge in [0.05, 0.1) is 13.2 Å². The van der Waals surface area contributed by atoms with Crippen molar-refractivity contribution in [1.82, 2.24) is 5.32 Å². The van der Waals surface area contributed by atoms with Crippen LogP contribution >= 0.6 is 0 Å². The van der Waals surface area contributed by atoms with Gasteiger partial charge in [0.2, 0.25) is 5.91 Å². The fourth-order valence-corrected chi connectivity index (χ4v) is 3.14. The van der Waals surface area contributed by atoms with E-state index in [2.05, 4.69) is 56.5 Å². The first-order valence-electron chi connectivity index (χ1n) is 9.09. The number of carbonyl (C=O) groups excluding carboxylic acids is 1. The van der Waals surface area contributed by atoms with Gasteiger partial charge in [-0.15, -0.1) is 0 Å². The number of para-hydroxylation sites is 1. The molecule has 1 atom stereocenters. The van der Waals surface area contributed by atoms with Gasteiger partial charge >= 0.3 is 0 Å². The highest BCUT2D eigenvalue weighted by Crippen LogP contribution is 2.33. The Hall–Kier alpha value is -1.39. The molecule has 2 N–H and O–H groups in total. The number of anilines is 1. The van der Waals surface area contributed by atoms with Gasteiger partial charge in [-0.3, -0.25) is 4.79 Å². The zero-order valence-corrected chi connectivity index (χ0v) is 15.7. The van der Waals surface area contributed by atoms with Crippen molar-refractivity contribution in [2.24, 2.45) is 5.92 Å². The molecule has 24 heavy (non-hydrogen) atoms. The molecule has 0 heterocycles. The molecule has 1 aromatic rings. The molecule has 0 spiro atoms. The van der Waals surface area contributed by atoms with E-state index >= 15 is 0 Å². The second-order valence-electron chi connectivity index (χ2n) is 7.45. The summed E-state index contributed by atoms with van der Waals surface area (Å²) in [6.45, 7) is 9.64. The van der Waals surface area contributed by atoms with Crippen LogP contribution in [0.2, 0.25) is 0 Å². The molecule has 1 aliphatic rings. The number of carbonyl (C=O) groups is 1. The fourth-order valence-electron chi connectivity index (χ4n) is 3.14. The van der Waals surface area contributed by atoms with Gasteiger partial charge in [-0.25, -0.2) is 0 Å². The third kappa shape index (κ3) is 5.05. The van der Waals surface area contributed by atoms with Gasteiger partial charge in [0.25, 0.3) is 0 Å². The van der Waals surface area contributed by atoms with Crippen LogP contribution < -0.4 is 10.6 Å². The third-order valence-corrected chi connectivity index (χ3v) is 4.70. The quantitative estimate of drug-likeness (QED) is 0.721. The minimum absolute atomic E-state index is 0.0201. The van der Waals surface area contributed by atoms with Crippen LogP contribution in [0.25, 0.3) is 0 Å². The Bertz CT molecular complexity index is 524. The van der Waals surface area contributed by atoms with Gasteiger partial charge in [-0.05, 0) is 41.7 Å². The standard InChI is InChI=1S/C20H32N2O2/c1-13(2)16-7-6-8-17(14(3)4)20(16)22-19(23)11-21-18(12-24-5)15-9-10-15/h6-8,13-15,18,21H,9-12H2,1-5H3,(H,22,23)/t18-/m1/s1. The normalized spacial score (nSPS) is 15.8. The Labute approximate surface area is 146 Å². The SMILES string of the molecule is COC[C@@H](NCC(=O)Nc1c(C(C)C)cccc1C(C)C)C1CC1. The van der Waals surface area contributed by atoms with Gasteiger partial charge in [0, 0.05) is 18.8 Å². The van der Waals surface area contributed by atoms with Crippen LogP contribution in [0.4, 0.5) is 5.69 Å². The van der Waals surface area contributed by atoms with E-state index in [-0.39, 0.29) is 11.9 Å². The summed E-state index contributed by atoms with van der Waals surface area (Å²) in [6, 6.07) is 6.58. The van der Waals surface area contributed by atoms with Crippen molar-refractivity contribution in [3.8, 4) is 0 Å². The van der Waals surface area contributed by atoms with Crippen LogP contribution in [-0.2, 0) is 9.53 Å². The largest absolute Gasteiger partial charge is 0.383 e. The first-order chi connectivity index (χ1) is 11.4. The van der Waals surface area contributed by atoms with E-state index in [4.69, 9.17) is 4.74 Å². The Morgan fingerprint density at radius 1 is 1.17 bits per heavy atom. The van der Waals surface area contributed by atoms with Crippen LogP contribution in [0.3, 0.4) is 0 Å².